The van der Waals surface area contributed by atoms with Crippen LogP contribution in [0.25, 0.3) is 10.9 Å². The van der Waals surface area contributed by atoms with Crippen molar-refractivity contribution in [1.29, 1.82) is 0 Å². The molecule has 1 aromatic heterocycles. The zero-order valence-electron chi connectivity index (χ0n) is 10.6. The lowest BCUT2D eigenvalue weighted by Crippen LogP contribution is -2.30. The van der Waals surface area contributed by atoms with E-state index in [9.17, 15) is 4.79 Å². The fourth-order valence-electron chi connectivity index (χ4n) is 2.81. The molecule has 3 nitrogen and oxygen atoms in total. The predicted molar refractivity (Wildman–Crippen MR) is 73.0 cm³/mol. The minimum atomic E-state index is 0.00860. The highest BCUT2D eigenvalue weighted by Crippen LogP contribution is 2.24. The fraction of sp³-hybridized carbons (Fsp3) is 0.400. The van der Waals surface area contributed by atoms with Gasteiger partial charge >= 0.3 is 0 Å². The lowest BCUT2D eigenvalue weighted by atomic mass is 10.0. The summed E-state index contributed by atoms with van der Waals surface area (Å²) in [6, 6.07) is 6.19. The summed E-state index contributed by atoms with van der Waals surface area (Å²) >= 11 is 0. The Hall–Kier alpha value is -1.61. The first-order valence-corrected chi connectivity index (χ1v) is 6.68. The molecule has 1 aliphatic heterocycles. The van der Waals surface area contributed by atoms with Gasteiger partial charge in [-0.3, -0.25) is 4.79 Å². The number of para-hydroxylation sites is 1. The summed E-state index contributed by atoms with van der Waals surface area (Å²) in [5, 5.41) is 4.34. The molecule has 0 aliphatic carbocycles. The second-order valence-corrected chi connectivity index (χ2v) is 4.91. The smallest absolute Gasteiger partial charge is 0.181 e. The zero-order chi connectivity index (χ0) is 12.5. The molecule has 0 radical (unpaired) electrons. The van der Waals surface area contributed by atoms with Crippen LogP contribution in [0, 0.1) is 0 Å². The van der Waals surface area contributed by atoms with Crippen LogP contribution in [-0.4, -0.2) is 23.4 Å². The Kier molecular flexibility index (Phi) is 2.92. The second kappa shape index (κ2) is 4.58. The van der Waals surface area contributed by atoms with Gasteiger partial charge in [-0.1, -0.05) is 25.1 Å². The van der Waals surface area contributed by atoms with Crippen LogP contribution in [0.5, 0.6) is 0 Å². The number of nitrogens with one attached hydrogen (secondary N) is 2. The van der Waals surface area contributed by atoms with Gasteiger partial charge in [0.25, 0.3) is 0 Å². The number of fused-ring (bicyclic) bond motifs is 1. The summed E-state index contributed by atoms with van der Waals surface area (Å²) < 4.78 is 0. The number of aromatic amines is 1. The van der Waals surface area contributed by atoms with E-state index < -0.39 is 0 Å². The maximum atomic E-state index is 12.4. The Labute approximate surface area is 107 Å². The van der Waals surface area contributed by atoms with Crippen molar-refractivity contribution in [2.24, 2.45) is 0 Å². The zero-order valence-corrected chi connectivity index (χ0v) is 10.6. The third-order valence-corrected chi connectivity index (χ3v) is 3.82. The van der Waals surface area contributed by atoms with Gasteiger partial charge in [0.15, 0.2) is 5.78 Å². The maximum absolute atomic E-state index is 12.4. The number of H-pyrrole nitrogens is 1. The number of ketones is 1. The van der Waals surface area contributed by atoms with Crippen molar-refractivity contribution in [3.63, 3.8) is 0 Å². The molecule has 1 unspecified atom stereocenters. The fourth-order valence-corrected chi connectivity index (χ4v) is 2.81. The number of hydrogen-bond donors (Lipinski definition) is 2. The van der Waals surface area contributed by atoms with Gasteiger partial charge in [0.1, 0.15) is 0 Å². The van der Waals surface area contributed by atoms with Gasteiger partial charge in [-0.15, -0.1) is 0 Å². The largest absolute Gasteiger partial charge is 0.360 e. The number of rotatable bonds is 3. The highest BCUT2D eigenvalue weighted by molar-refractivity contribution is 6.10. The molecule has 1 fully saturated rings. The molecule has 0 saturated carbocycles. The van der Waals surface area contributed by atoms with Crippen LogP contribution in [0.2, 0.25) is 0 Å². The first-order valence-electron chi connectivity index (χ1n) is 6.68. The number of hydrogen-bond acceptors (Lipinski definition) is 2. The topological polar surface area (TPSA) is 44.9 Å². The van der Waals surface area contributed by atoms with E-state index in [1.54, 1.807) is 0 Å². The quantitative estimate of drug-likeness (QED) is 0.813. The number of carbonyl (C=O) groups excluding carboxylic acids is 1. The molecule has 1 aliphatic rings. The van der Waals surface area contributed by atoms with Crippen molar-refractivity contribution in [2.45, 2.75) is 32.2 Å². The summed E-state index contributed by atoms with van der Waals surface area (Å²) in [5.74, 6) is 0.229. The van der Waals surface area contributed by atoms with E-state index in [1.165, 1.54) is 5.56 Å². The molecule has 1 atom stereocenters. The highest BCUT2D eigenvalue weighted by atomic mass is 16.1. The molecule has 94 valence electrons. The molecule has 0 bridgehead atoms. The maximum Gasteiger partial charge on any atom is 0.181 e. The third-order valence-electron chi connectivity index (χ3n) is 3.82. The monoisotopic (exact) mass is 242 g/mol. The SMILES string of the molecule is CCc1cccc2c(C(=O)C3CCCN3)c[nH]c12. The van der Waals surface area contributed by atoms with Crippen LogP contribution in [0.1, 0.15) is 35.7 Å². The molecule has 1 aromatic carbocycles. The molecular formula is C15H18N2O. The lowest BCUT2D eigenvalue weighted by Gasteiger charge is -2.08. The number of aryl methyl sites for hydroxylation is 1. The molecular weight excluding hydrogens is 224 g/mol. The van der Waals surface area contributed by atoms with E-state index in [-0.39, 0.29) is 11.8 Å². The summed E-state index contributed by atoms with van der Waals surface area (Å²) in [5.41, 5.74) is 3.21. The number of Topliss-reactive ketones (excluding diaryl/α,β-unsaturated/α-hetero) is 1. The molecule has 3 heteroatoms. The Bertz CT molecular complexity index is 579. The lowest BCUT2D eigenvalue weighted by molar-refractivity contribution is 0.0954. The summed E-state index contributed by atoms with van der Waals surface area (Å²) in [4.78, 5) is 15.7. The Morgan fingerprint density at radius 1 is 1.44 bits per heavy atom. The van der Waals surface area contributed by atoms with Crippen molar-refractivity contribution in [3.8, 4) is 0 Å². The van der Waals surface area contributed by atoms with Crippen molar-refractivity contribution in [1.82, 2.24) is 10.3 Å². The molecule has 18 heavy (non-hydrogen) atoms. The Balaban J connectivity index is 2.04. The standard InChI is InChI=1S/C15H18N2O/c1-2-10-5-3-6-11-12(9-17-14(10)11)15(18)13-7-4-8-16-13/h3,5-6,9,13,16-17H,2,4,7-8H2,1H3. The normalized spacial score (nSPS) is 19.5. The van der Waals surface area contributed by atoms with Crippen LogP contribution in [0.15, 0.2) is 24.4 Å². The summed E-state index contributed by atoms with van der Waals surface area (Å²) in [7, 11) is 0. The molecule has 2 heterocycles. The van der Waals surface area contributed by atoms with E-state index >= 15 is 0 Å². The van der Waals surface area contributed by atoms with Crippen molar-refractivity contribution >= 4 is 16.7 Å². The Morgan fingerprint density at radius 2 is 2.33 bits per heavy atom. The molecule has 0 spiro atoms. The number of benzene rings is 1. The first-order chi connectivity index (χ1) is 8.81. The average Bonchev–Trinajstić information content (AvgIpc) is 3.06. The third kappa shape index (κ3) is 1.75. The van der Waals surface area contributed by atoms with E-state index in [0.29, 0.717) is 0 Å². The van der Waals surface area contributed by atoms with E-state index in [4.69, 9.17) is 0 Å². The van der Waals surface area contributed by atoms with Gasteiger partial charge in [0, 0.05) is 22.7 Å². The number of aromatic nitrogens is 1. The van der Waals surface area contributed by atoms with Crippen molar-refractivity contribution in [2.75, 3.05) is 6.54 Å². The summed E-state index contributed by atoms with van der Waals surface area (Å²) in [6.45, 7) is 3.09. The molecule has 2 aromatic rings. The van der Waals surface area contributed by atoms with Gasteiger partial charge in [0.05, 0.1) is 6.04 Å². The molecule has 2 N–H and O–H groups in total. The van der Waals surface area contributed by atoms with E-state index in [1.807, 2.05) is 18.3 Å². The van der Waals surface area contributed by atoms with Gasteiger partial charge in [-0.2, -0.15) is 0 Å². The van der Waals surface area contributed by atoms with Crippen LogP contribution in [-0.2, 0) is 6.42 Å². The van der Waals surface area contributed by atoms with E-state index in [0.717, 1.165) is 42.3 Å². The van der Waals surface area contributed by atoms with Crippen molar-refractivity contribution < 1.29 is 4.79 Å². The predicted octanol–water partition coefficient (Wildman–Crippen LogP) is 2.67. The summed E-state index contributed by atoms with van der Waals surface area (Å²) in [6.07, 6.45) is 4.90. The average molecular weight is 242 g/mol. The van der Waals surface area contributed by atoms with Crippen molar-refractivity contribution in [3.05, 3.63) is 35.5 Å². The van der Waals surface area contributed by atoms with Gasteiger partial charge in [0.2, 0.25) is 0 Å². The Morgan fingerprint density at radius 3 is 3.06 bits per heavy atom. The van der Waals surface area contributed by atoms with Gasteiger partial charge in [-0.05, 0) is 31.4 Å². The van der Waals surface area contributed by atoms with Gasteiger partial charge in [-0.25, -0.2) is 0 Å². The first kappa shape index (κ1) is 11.5. The molecule has 1 saturated heterocycles. The van der Waals surface area contributed by atoms with Crippen LogP contribution >= 0.6 is 0 Å². The van der Waals surface area contributed by atoms with Crippen LogP contribution in [0.3, 0.4) is 0 Å². The molecule has 3 rings (SSSR count). The second-order valence-electron chi connectivity index (χ2n) is 4.91. The minimum absolute atomic E-state index is 0.00860. The molecule has 0 amide bonds. The van der Waals surface area contributed by atoms with E-state index in [2.05, 4.69) is 23.3 Å². The number of carbonyl (C=O) groups is 1. The van der Waals surface area contributed by atoms with Crippen LogP contribution < -0.4 is 5.32 Å². The highest BCUT2D eigenvalue weighted by Gasteiger charge is 2.25. The van der Waals surface area contributed by atoms with Gasteiger partial charge < -0.3 is 10.3 Å². The van der Waals surface area contributed by atoms with Crippen LogP contribution in [0.4, 0.5) is 0 Å². The minimum Gasteiger partial charge on any atom is -0.360 e.